The Morgan fingerprint density at radius 3 is 2.72 bits per heavy atom. The summed E-state index contributed by atoms with van der Waals surface area (Å²) >= 11 is 5.79. The van der Waals surface area contributed by atoms with Crippen LogP contribution in [0.1, 0.15) is 18.9 Å². The molecule has 0 unspecified atom stereocenters. The van der Waals surface area contributed by atoms with Crippen LogP contribution < -0.4 is 4.74 Å². The smallest absolute Gasteiger partial charge is 0.150 e. The summed E-state index contributed by atoms with van der Waals surface area (Å²) in [6, 6.07) is 4.96. The van der Waals surface area contributed by atoms with E-state index in [9.17, 15) is 8.42 Å². The molecule has 0 saturated carbocycles. The predicted octanol–water partition coefficient (Wildman–Crippen LogP) is 2.04. The molecule has 1 aromatic carbocycles. The van der Waals surface area contributed by atoms with Gasteiger partial charge in [0.25, 0.3) is 0 Å². The number of benzene rings is 1. The molecule has 0 heterocycles. The number of hydrogen-bond donors (Lipinski definition) is 1. The topological polar surface area (TPSA) is 63.6 Å². The Hall–Kier alpha value is -0.780. The van der Waals surface area contributed by atoms with Gasteiger partial charge < -0.3 is 9.84 Å². The van der Waals surface area contributed by atoms with Gasteiger partial charge in [0.1, 0.15) is 15.6 Å². The minimum Gasteiger partial charge on any atom is -0.493 e. The number of aliphatic hydroxyl groups excluding tert-OH is 1. The summed E-state index contributed by atoms with van der Waals surface area (Å²) in [5.41, 5.74) is 0.598. The fourth-order valence-corrected chi connectivity index (χ4v) is 2.46. The van der Waals surface area contributed by atoms with Crippen LogP contribution in [0, 0.1) is 0 Å². The summed E-state index contributed by atoms with van der Waals surface area (Å²) in [5.74, 6) is 0.803. The lowest BCUT2D eigenvalue weighted by molar-refractivity contribution is 0.263. The maximum absolute atomic E-state index is 11.3. The Kier molecular flexibility index (Phi) is 5.91. The molecule has 0 aromatic heterocycles. The molecule has 0 aliphatic heterocycles. The van der Waals surface area contributed by atoms with E-state index in [4.69, 9.17) is 21.4 Å². The van der Waals surface area contributed by atoms with Gasteiger partial charge in [-0.1, -0.05) is 18.5 Å². The van der Waals surface area contributed by atoms with Crippen LogP contribution in [0.3, 0.4) is 0 Å². The lowest BCUT2D eigenvalue weighted by Crippen LogP contribution is -2.12. The summed E-state index contributed by atoms with van der Waals surface area (Å²) in [6.45, 7) is 1.76. The number of halogens is 1. The number of rotatable bonds is 7. The highest BCUT2D eigenvalue weighted by Crippen LogP contribution is 2.23. The highest BCUT2D eigenvalue weighted by molar-refractivity contribution is 7.91. The van der Waals surface area contributed by atoms with Crippen molar-refractivity contribution in [3.8, 4) is 5.75 Å². The molecule has 0 radical (unpaired) electrons. The lowest BCUT2D eigenvalue weighted by Gasteiger charge is -2.10. The van der Waals surface area contributed by atoms with Gasteiger partial charge in [-0.3, -0.25) is 0 Å². The van der Waals surface area contributed by atoms with E-state index >= 15 is 0 Å². The molecule has 0 amide bonds. The minimum atomic E-state index is -2.95. The first kappa shape index (κ1) is 15.3. The Morgan fingerprint density at radius 1 is 1.39 bits per heavy atom. The molecule has 18 heavy (non-hydrogen) atoms. The van der Waals surface area contributed by atoms with Crippen LogP contribution in [0.2, 0.25) is 5.02 Å². The van der Waals surface area contributed by atoms with Crippen LogP contribution in [0.15, 0.2) is 18.2 Å². The molecule has 1 aromatic rings. The molecular weight excluding hydrogens is 276 g/mol. The van der Waals surface area contributed by atoms with Gasteiger partial charge in [0.05, 0.1) is 19.0 Å². The second-order valence-electron chi connectivity index (χ2n) is 3.85. The average molecular weight is 293 g/mol. The zero-order valence-corrected chi connectivity index (χ0v) is 11.8. The lowest BCUT2D eigenvalue weighted by atomic mass is 10.2. The van der Waals surface area contributed by atoms with Crippen molar-refractivity contribution in [2.45, 2.75) is 20.0 Å². The first-order chi connectivity index (χ1) is 8.48. The van der Waals surface area contributed by atoms with Crippen molar-refractivity contribution in [2.24, 2.45) is 0 Å². The first-order valence-electron chi connectivity index (χ1n) is 5.71. The summed E-state index contributed by atoms with van der Waals surface area (Å²) in [5, 5.41) is 9.66. The third-order valence-electron chi connectivity index (χ3n) is 2.49. The Morgan fingerprint density at radius 2 is 2.11 bits per heavy atom. The molecular formula is C12H17ClO4S. The van der Waals surface area contributed by atoms with E-state index in [2.05, 4.69) is 0 Å². The van der Waals surface area contributed by atoms with Crippen LogP contribution in [0.4, 0.5) is 0 Å². The van der Waals surface area contributed by atoms with Gasteiger partial charge in [-0.15, -0.1) is 0 Å². The third-order valence-corrected chi connectivity index (χ3v) is 4.52. The zero-order valence-electron chi connectivity index (χ0n) is 10.2. The van der Waals surface area contributed by atoms with Crippen molar-refractivity contribution < 1.29 is 18.3 Å². The largest absolute Gasteiger partial charge is 0.493 e. The molecule has 0 spiro atoms. The Labute approximate surface area is 112 Å². The quantitative estimate of drug-likeness (QED) is 0.781. The molecule has 0 bridgehead atoms. The Balaban J connectivity index is 2.49. The van der Waals surface area contributed by atoms with Crippen molar-refractivity contribution in [3.63, 3.8) is 0 Å². The second kappa shape index (κ2) is 6.97. The number of hydrogen-bond acceptors (Lipinski definition) is 4. The molecule has 102 valence electrons. The van der Waals surface area contributed by atoms with Crippen molar-refractivity contribution in [1.29, 1.82) is 0 Å². The average Bonchev–Trinajstić information content (AvgIpc) is 2.36. The predicted molar refractivity (Wildman–Crippen MR) is 71.8 cm³/mol. The van der Waals surface area contributed by atoms with Crippen molar-refractivity contribution in [2.75, 3.05) is 18.1 Å². The van der Waals surface area contributed by atoms with Crippen LogP contribution in [-0.4, -0.2) is 31.6 Å². The fourth-order valence-electron chi connectivity index (χ4n) is 1.42. The number of sulfone groups is 1. The van der Waals surface area contributed by atoms with Crippen LogP contribution in [-0.2, 0) is 16.4 Å². The van der Waals surface area contributed by atoms with E-state index in [1.54, 1.807) is 25.1 Å². The fraction of sp³-hybridized carbons (Fsp3) is 0.500. The van der Waals surface area contributed by atoms with Gasteiger partial charge in [-0.25, -0.2) is 8.42 Å². The van der Waals surface area contributed by atoms with Crippen molar-refractivity contribution in [1.82, 2.24) is 0 Å². The molecule has 0 saturated heterocycles. The van der Waals surface area contributed by atoms with Gasteiger partial charge in [0.15, 0.2) is 0 Å². The molecule has 1 N–H and O–H groups in total. The van der Waals surface area contributed by atoms with E-state index in [1.807, 2.05) is 0 Å². The monoisotopic (exact) mass is 292 g/mol. The van der Waals surface area contributed by atoms with E-state index in [0.29, 0.717) is 29.4 Å². The van der Waals surface area contributed by atoms with Gasteiger partial charge in [-0.05, 0) is 24.6 Å². The normalized spacial score (nSPS) is 11.5. The molecule has 0 fully saturated rings. The molecule has 0 atom stereocenters. The summed E-state index contributed by atoms with van der Waals surface area (Å²) in [6.07, 6.45) is 0.434. The zero-order chi connectivity index (χ0) is 13.6. The van der Waals surface area contributed by atoms with Crippen molar-refractivity contribution in [3.05, 3.63) is 28.8 Å². The highest BCUT2D eigenvalue weighted by atomic mass is 35.5. The van der Waals surface area contributed by atoms with Gasteiger partial charge in [-0.2, -0.15) is 0 Å². The standard InChI is InChI=1S/C12H17ClO4S/c1-2-18(15,16)7-3-6-17-12-5-4-11(13)8-10(12)9-14/h4-5,8,14H,2-3,6-7,9H2,1H3. The maximum atomic E-state index is 11.3. The number of ether oxygens (including phenoxy) is 1. The first-order valence-corrected chi connectivity index (χ1v) is 7.91. The second-order valence-corrected chi connectivity index (χ2v) is 6.76. The molecule has 0 aliphatic carbocycles. The van der Waals surface area contributed by atoms with E-state index < -0.39 is 9.84 Å². The van der Waals surface area contributed by atoms with Crippen LogP contribution >= 0.6 is 11.6 Å². The summed E-state index contributed by atoms with van der Waals surface area (Å²) in [7, 11) is -2.95. The van der Waals surface area contributed by atoms with Gasteiger partial charge >= 0.3 is 0 Å². The van der Waals surface area contributed by atoms with E-state index in [1.165, 1.54) is 0 Å². The Bertz CT molecular complexity index is 485. The van der Waals surface area contributed by atoms with E-state index in [-0.39, 0.29) is 18.1 Å². The van der Waals surface area contributed by atoms with Crippen LogP contribution in [0.5, 0.6) is 5.75 Å². The highest BCUT2D eigenvalue weighted by Gasteiger charge is 2.08. The summed E-state index contributed by atoms with van der Waals surface area (Å²) in [4.78, 5) is 0. The molecule has 0 aliphatic rings. The molecule has 4 nitrogen and oxygen atoms in total. The number of aliphatic hydroxyl groups is 1. The third kappa shape index (κ3) is 4.84. The van der Waals surface area contributed by atoms with Gasteiger partial charge in [0.2, 0.25) is 0 Å². The van der Waals surface area contributed by atoms with Gasteiger partial charge in [0, 0.05) is 16.3 Å². The molecule has 1 rings (SSSR count). The minimum absolute atomic E-state index is 0.117. The van der Waals surface area contributed by atoms with E-state index in [0.717, 1.165) is 0 Å². The molecule has 6 heteroatoms. The maximum Gasteiger partial charge on any atom is 0.150 e. The SMILES string of the molecule is CCS(=O)(=O)CCCOc1ccc(Cl)cc1CO. The van der Waals surface area contributed by atoms with Crippen LogP contribution in [0.25, 0.3) is 0 Å². The van der Waals surface area contributed by atoms with Crippen molar-refractivity contribution >= 4 is 21.4 Å². The summed E-state index contributed by atoms with van der Waals surface area (Å²) < 4.78 is 28.0.